The van der Waals surface area contributed by atoms with Gasteiger partial charge in [0.05, 0.1) is 4.88 Å². The van der Waals surface area contributed by atoms with Crippen LogP contribution >= 0.6 is 22.7 Å². The Morgan fingerprint density at radius 3 is 1.75 bits per heavy atom. The van der Waals surface area contributed by atoms with Crippen LogP contribution in [0.15, 0.2) is 76.8 Å². The van der Waals surface area contributed by atoms with Gasteiger partial charge in [0.2, 0.25) is 0 Å². The molecule has 4 aromatic rings. The van der Waals surface area contributed by atoms with Crippen LogP contribution in [-0.4, -0.2) is 0 Å². The molecule has 0 aliphatic rings. The second kappa shape index (κ2) is 6.49. The van der Waals surface area contributed by atoms with Crippen LogP contribution in [0.2, 0.25) is 0 Å². The number of hydrogen-bond acceptors (Lipinski definition) is 2. The highest BCUT2D eigenvalue weighted by Crippen LogP contribution is 2.31. The van der Waals surface area contributed by atoms with Crippen molar-refractivity contribution in [2.24, 2.45) is 0 Å². The van der Waals surface area contributed by atoms with E-state index in [0.717, 1.165) is 10.4 Å². The lowest BCUT2D eigenvalue weighted by molar-refractivity contribution is 1.60. The number of terminal acetylenes is 1. The first-order valence-electron chi connectivity index (χ1n) is 7.63. The van der Waals surface area contributed by atoms with Gasteiger partial charge >= 0.3 is 0 Å². The van der Waals surface area contributed by atoms with E-state index < -0.39 is 0 Å². The molecule has 0 aliphatic heterocycles. The van der Waals surface area contributed by atoms with Crippen LogP contribution in [0, 0.1) is 12.3 Å². The molecule has 2 heteroatoms. The fourth-order valence-electron chi connectivity index (χ4n) is 2.77. The van der Waals surface area contributed by atoms with Crippen LogP contribution < -0.4 is 0 Å². The normalized spacial score (nSPS) is 10.5. The van der Waals surface area contributed by atoms with Gasteiger partial charge in [-0.15, -0.1) is 17.8 Å². The minimum Gasteiger partial charge on any atom is -0.152 e. The maximum atomic E-state index is 5.57. The van der Waals surface area contributed by atoms with Crippen LogP contribution in [0.5, 0.6) is 0 Å². The van der Waals surface area contributed by atoms with Crippen LogP contribution in [0.4, 0.5) is 0 Å². The van der Waals surface area contributed by atoms with Gasteiger partial charge in [0.1, 0.15) is 0 Å². The summed E-state index contributed by atoms with van der Waals surface area (Å²) in [6.07, 6.45) is 5.57. The van der Waals surface area contributed by atoms with Crippen LogP contribution in [0.3, 0.4) is 0 Å². The molecule has 0 saturated carbocycles. The summed E-state index contributed by atoms with van der Waals surface area (Å²) in [5, 5.41) is 6.33. The molecule has 0 fully saturated rings. The Morgan fingerprint density at radius 1 is 0.625 bits per heavy atom. The molecule has 114 valence electrons. The first-order valence-corrected chi connectivity index (χ1v) is 9.45. The van der Waals surface area contributed by atoms with E-state index in [-0.39, 0.29) is 0 Å². The molecular weight excluding hydrogens is 328 g/mol. The molecule has 0 saturated heterocycles. The lowest BCUT2D eigenvalue weighted by Gasteiger charge is -2.06. The summed E-state index contributed by atoms with van der Waals surface area (Å²) >= 11 is 3.33. The molecule has 0 unspecified atom stereocenters. The SMILES string of the molecule is C#Cc1sccc1-c1ccc(-c2ccc(-c3ccsc3)cc2)cc1. The van der Waals surface area contributed by atoms with Gasteiger partial charge in [0.15, 0.2) is 0 Å². The topological polar surface area (TPSA) is 0 Å². The minimum absolute atomic E-state index is 0.989. The molecule has 4 rings (SSSR count). The number of hydrogen-bond donors (Lipinski definition) is 0. The lowest BCUT2D eigenvalue weighted by atomic mass is 9.99. The predicted molar refractivity (Wildman–Crippen MR) is 106 cm³/mol. The van der Waals surface area contributed by atoms with Crippen LogP contribution in [-0.2, 0) is 0 Å². The molecule has 0 radical (unpaired) electrons. The first-order chi connectivity index (χ1) is 11.8. The van der Waals surface area contributed by atoms with Crippen LogP contribution in [0.25, 0.3) is 33.4 Å². The summed E-state index contributed by atoms with van der Waals surface area (Å²) in [6, 6.07) is 21.6. The number of thiophene rings is 2. The Balaban J connectivity index is 1.62. The molecule has 0 N–H and O–H groups in total. The molecule has 2 aromatic carbocycles. The molecule has 24 heavy (non-hydrogen) atoms. The van der Waals surface area contributed by atoms with Gasteiger partial charge in [-0.2, -0.15) is 11.3 Å². The fourth-order valence-corrected chi connectivity index (χ4v) is 4.16. The third-order valence-corrected chi connectivity index (χ3v) is 5.59. The minimum atomic E-state index is 0.989. The van der Waals surface area contributed by atoms with Crippen molar-refractivity contribution < 1.29 is 0 Å². The van der Waals surface area contributed by atoms with Gasteiger partial charge < -0.3 is 0 Å². The van der Waals surface area contributed by atoms with E-state index >= 15 is 0 Å². The van der Waals surface area contributed by atoms with Gasteiger partial charge in [0, 0.05) is 5.56 Å². The zero-order valence-electron chi connectivity index (χ0n) is 12.9. The van der Waals surface area contributed by atoms with Crippen molar-refractivity contribution >= 4 is 22.7 Å². The lowest BCUT2D eigenvalue weighted by Crippen LogP contribution is -1.81. The molecular formula is C22H14S2. The number of benzene rings is 2. The second-order valence-corrected chi connectivity index (χ2v) is 7.17. The van der Waals surface area contributed by atoms with Gasteiger partial charge in [-0.25, -0.2) is 0 Å². The van der Waals surface area contributed by atoms with Gasteiger partial charge in [0.25, 0.3) is 0 Å². The number of rotatable bonds is 3. The van der Waals surface area contributed by atoms with Gasteiger partial charge in [-0.3, -0.25) is 0 Å². The quantitative estimate of drug-likeness (QED) is 0.359. The van der Waals surface area contributed by atoms with E-state index in [4.69, 9.17) is 6.42 Å². The van der Waals surface area contributed by atoms with Crippen molar-refractivity contribution in [3.05, 3.63) is 81.7 Å². The molecule has 2 heterocycles. The van der Waals surface area contributed by atoms with Crippen molar-refractivity contribution in [2.45, 2.75) is 0 Å². The summed E-state index contributed by atoms with van der Waals surface area (Å²) in [4.78, 5) is 0.989. The zero-order valence-corrected chi connectivity index (χ0v) is 14.5. The maximum Gasteiger partial charge on any atom is 0.0843 e. The summed E-state index contributed by atoms with van der Waals surface area (Å²) < 4.78 is 0. The van der Waals surface area contributed by atoms with E-state index in [9.17, 15) is 0 Å². The Kier molecular flexibility index (Phi) is 4.04. The van der Waals surface area contributed by atoms with Gasteiger partial charge in [-0.05, 0) is 56.1 Å². The van der Waals surface area contributed by atoms with Crippen molar-refractivity contribution in [3.8, 4) is 45.7 Å². The second-order valence-electron chi connectivity index (χ2n) is 5.47. The molecule has 0 bridgehead atoms. The predicted octanol–water partition coefficient (Wildman–Crippen LogP) is 6.79. The summed E-state index contributed by atoms with van der Waals surface area (Å²) in [5.74, 6) is 2.76. The van der Waals surface area contributed by atoms with Crippen molar-refractivity contribution in [1.82, 2.24) is 0 Å². The van der Waals surface area contributed by atoms with E-state index in [1.807, 2.05) is 5.38 Å². The summed E-state index contributed by atoms with van der Waals surface area (Å²) in [6.45, 7) is 0. The van der Waals surface area contributed by atoms with E-state index in [1.54, 1.807) is 22.7 Å². The van der Waals surface area contributed by atoms with E-state index in [0.29, 0.717) is 0 Å². The molecule has 0 amide bonds. The smallest absolute Gasteiger partial charge is 0.0843 e. The highest BCUT2D eigenvalue weighted by atomic mass is 32.1. The monoisotopic (exact) mass is 342 g/mol. The Bertz CT molecular complexity index is 980. The highest BCUT2D eigenvalue weighted by Gasteiger charge is 2.06. The Labute approximate surface area is 150 Å². The van der Waals surface area contributed by atoms with Crippen molar-refractivity contribution in [2.75, 3.05) is 0 Å². The highest BCUT2D eigenvalue weighted by molar-refractivity contribution is 7.11. The third-order valence-electron chi connectivity index (χ3n) is 4.06. The Hall–Kier alpha value is -2.60. The van der Waals surface area contributed by atoms with Crippen molar-refractivity contribution in [3.63, 3.8) is 0 Å². The summed E-state index contributed by atoms with van der Waals surface area (Å²) in [5.41, 5.74) is 7.29. The first kappa shape index (κ1) is 15.0. The molecule has 0 nitrogen and oxygen atoms in total. The van der Waals surface area contributed by atoms with E-state index in [2.05, 4.69) is 77.3 Å². The van der Waals surface area contributed by atoms with Crippen molar-refractivity contribution in [1.29, 1.82) is 0 Å². The largest absolute Gasteiger partial charge is 0.152 e. The molecule has 0 atom stereocenters. The standard InChI is InChI=1S/C22H14S2/c1-2-22-21(12-14-24-22)19-9-7-17(8-10-19)16-3-5-18(6-4-16)20-11-13-23-15-20/h1,3-15H. The fraction of sp³-hybridized carbons (Fsp3) is 0. The van der Waals surface area contributed by atoms with E-state index in [1.165, 1.54) is 27.8 Å². The van der Waals surface area contributed by atoms with Crippen LogP contribution in [0.1, 0.15) is 4.88 Å². The zero-order chi connectivity index (χ0) is 16.4. The molecule has 0 spiro atoms. The summed E-state index contributed by atoms with van der Waals surface area (Å²) in [7, 11) is 0. The average molecular weight is 342 g/mol. The maximum absolute atomic E-state index is 5.57. The van der Waals surface area contributed by atoms with Gasteiger partial charge in [-0.1, -0.05) is 54.5 Å². The molecule has 2 aromatic heterocycles. The Morgan fingerprint density at radius 2 is 1.21 bits per heavy atom. The molecule has 0 aliphatic carbocycles. The third kappa shape index (κ3) is 2.80. The average Bonchev–Trinajstić information content (AvgIpc) is 3.33.